The van der Waals surface area contributed by atoms with Gasteiger partial charge in [-0.1, -0.05) is 41.6 Å². The number of rotatable bonds is 7. The SMILES string of the molecule is Cc1noc(C)c1S(=O)(=O)NCC(=O)OCC=Cc1ccccc1. The lowest BCUT2D eigenvalue weighted by Gasteiger charge is -2.05. The molecule has 0 aliphatic rings. The van der Waals surface area contributed by atoms with Gasteiger partial charge in [0, 0.05) is 0 Å². The third kappa shape index (κ3) is 4.77. The van der Waals surface area contributed by atoms with Crippen LogP contribution in [0, 0.1) is 13.8 Å². The average Bonchev–Trinajstić information content (AvgIpc) is 2.90. The van der Waals surface area contributed by atoms with Crippen LogP contribution in [0.25, 0.3) is 6.08 Å². The van der Waals surface area contributed by atoms with Gasteiger partial charge >= 0.3 is 5.97 Å². The van der Waals surface area contributed by atoms with Crippen LogP contribution in [0.5, 0.6) is 0 Å². The lowest BCUT2D eigenvalue weighted by Crippen LogP contribution is -2.31. The molecule has 0 radical (unpaired) electrons. The summed E-state index contributed by atoms with van der Waals surface area (Å²) in [5.41, 5.74) is 1.21. The monoisotopic (exact) mass is 350 g/mol. The zero-order valence-electron chi connectivity index (χ0n) is 13.4. The summed E-state index contributed by atoms with van der Waals surface area (Å²) in [6.45, 7) is 2.59. The molecule has 0 aliphatic carbocycles. The van der Waals surface area contributed by atoms with Gasteiger partial charge < -0.3 is 9.26 Å². The number of carbonyl (C=O) groups is 1. The van der Waals surface area contributed by atoms with Crippen molar-refractivity contribution in [2.24, 2.45) is 0 Å². The molecule has 0 atom stereocenters. The minimum absolute atomic E-state index is 0.0562. The second-order valence-corrected chi connectivity index (χ2v) is 6.68. The summed E-state index contributed by atoms with van der Waals surface area (Å²) in [4.78, 5) is 11.6. The zero-order chi connectivity index (χ0) is 17.6. The minimum Gasteiger partial charge on any atom is -0.460 e. The number of aryl methyl sites for hydroxylation is 2. The van der Waals surface area contributed by atoms with E-state index in [-0.39, 0.29) is 23.0 Å². The molecule has 2 rings (SSSR count). The summed E-state index contributed by atoms with van der Waals surface area (Å²) in [7, 11) is -3.87. The number of sulfonamides is 1. The summed E-state index contributed by atoms with van der Waals surface area (Å²) in [6.07, 6.45) is 3.48. The average molecular weight is 350 g/mol. The van der Waals surface area contributed by atoms with E-state index in [1.807, 2.05) is 30.3 Å². The van der Waals surface area contributed by atoms with Crippen LogP contribution >= 0.6 is 0 Å². The van der Waals surface area contributed by atoms with Crippen LogP contribution in [0.2, 0.25) is 0 Å². The first-order valence-electron chi connectivity index (χ1n) is 7.20. The van der Waals surface area contributed by atoms with E-state index >= 15 is 0 Å². The van der Waals surface area contributed by atoms with E-state index in [2.05, 4.69) is 9.88 Å². The van der Waals surface area contributed by atoms with E-state index in [0.717, 1.165) is 5.56 Å². The van der Waals surface area contributed by atoms with Gasteiger partial charge in [-0.3, -0.25) is 4.79 Å². The molecule has 1 N–H and O–H groups in total. The van der Waals surface area contributed by atoms with Crippen molar-refractivity contribution in [2.45, 2.75) is 18.7 Å². The molecule has 0 saturated heterocycles. The highest BCUT2D eigenvalue weighted by Crippen LogP contribution is 2.18. The minimum atomic E-state index is -3.87. The normalized spacial score (nSPS) is 11.8. The van der Waals surface area contributed by atoms with Gasteiger partial charge in [0.15, 0.2) is 5.76 Å². The highest BCUT2D eigenvalue weighted by Gasteiger charge is 2.24. The van der Waals surface area contributed by atoms with E-state index < -0.39 is 22.5 Å². The number of esters is 1. The number of nitrogens with one attached hydrogen (secondary N) is 1. The van der Waals surface area contributed by atoms with Crippen molar-refractivity contribution >= 4 is 22.1 Å². The molecular formula is C16H18N2O5S. The van der Waals surface area contributed by atoms with Crippen LogP contribution in [0.15, 0.2) is 45.8 Å². The van der Waals surface area contributed by atoms with Crippen molar-refractivity contribution in [3.63, 3.8) is 0 Å². The molecule has 24 heavy (non-hydrogen) atoms. The van der Waals surface area contributed by atoms with Gasteiger partial charge in [-0.25, -0.2) is 8.42 Å². The Balaban J connectivity index is 1.82. The van der Waals surface area contributed by atoms with Crippen molar-refractivity contribution in [1.29, 1.82) is 0 Å². The van der Waals surface area contributed by atoms with Gasteiger partial charge in [-0.2, -0.15) is 4.72 Å². The highest BCUT2D eigenvalue weighted by atomic mass is 32.2. The maximum absolute atomic E-state index is 12.1. The second kappa shape index (κ2) is 7.89. The van der Waals surface area contributed by atoms with Gasteiger partial charge in [0.2, 0.25) is 10.0 Å². The predicted molar refractivity (Wildman–Crippen MR) is 87.6 cm³/mol. The van der Waals surface area contributed by atoms with Crippen molar-refractivity contribution in [3.05, 3.63) is 53.4 Å². The first-order chi connectivity index (χ1) is 11.4. The fourth-order valence-corrected chi connectivity index (χ4v) is 3.32. The van der Waals surface area contributed by atoms with Crippen molar-refractivity contribution in [3.8, 4) is 0 Å². The molecule has 0 fully saturated rings. The Labute approximate surface area is 140 Å². The van der Waals surface area contributed by atoms with Crippen molar-refractivity contribution < 1.29 is 22.5 Å². The molecular weight excluding hydrogens is 332 g/mol. The third-order valence-electron chi connectivity index (χ3n) is 3.09. The summed E-state index contributed by atoms with van der Waals surface area (Å²) < 4.78 is 36.2. The smallest absolute Gasteiger partial charge is 0.321 e. The van der Waals surface area contributed by atoms with E-state index in [1.54, 1.807) is 12.2 Å². The zero-order valence-corrected chi connectivity index (χ0v) is 14.2. The molecule has 2 aromatic rings. The highest BCUT2D eigenvalue weighted by molar-refractivity contribution is 7.89. The Bertz CT molecular complexity index is 806. The molecule has 0 unspecified atom stereocenters. The Morgan fingerprint density at radius 1 is 1.29 bits per heavy atom. The molecule has 7 nitrogen and oxygen atoms in total. The van der Waals surface area contributed by atoms with Crippen LogP contribution in [0.1, 0.15) is 17.0 Å². The van der Waals surface area contributed by atoms with E-state index in [4.69, 9.17) is 9.26 Å². The largest absolute Gasteiger partial charge is 0.460 e. The Hall–Kier alpha value is -2.45. The van der Waals surface area contributed by atoms with Crippen molar-refractivity contribution in [1.82, 2.24) is 9.88 Å². The summed E-state index contributed by atoms with van der Waals surface area (Å²) in [6, 6.07) is 9.53. The molecule has 0 bridgehead atoms. The number of ether oxygens (including phenoxy) is 1. The second-order valence-electron chi connectivity index (χ2n) is 4.97. The quantitative estimate of drug-likeness (QED) is 0.765. The number of benzene rings is 1. The molecule has 128 valence electrons. The number of carbonyl (C=O) groups excluding carboxylic acids is 1. The van der Waals surface area contributed by atoms with Gasteiger partial charge in [0.05, 0.1) is 0 Å². The standard InChI is InChI=1S/C16H18N2O5S/c1-12-16(13(2)23-18-12)24(20,21)17-11-15(19)22-10-6-9-14-7-4-3-5-8-14/h3-9,17H,10-11H2,1-2H3. The van der Waals surface area contributed by atoms with Crippen LogP contribution in [0.4, 0.5) is 0 Å². The van der Waals surface area contributed by atoms with Crippen molar-refractivity contribution in [2.75, 3.05) is 13.2 Å². The Morgan fingerprint density at radius 3 is 2.62 bits per heavy atom. The fourth-order valence-electron chi connectivity index (χ4n) is 2.02. The van der Waals surface area contributed by atoms with E-state index in [1.165, 1.54) is 13.8 Å². The maximum Gasteiger partial charge on any atom is 0.321 e. The van der Waals surface area contributed by atoms with Gasteiger partial charge in [-0.05, 0) is 25.5 Å². The maximum atomic E-state index is 12.1. The Morgan fingerprint density at radius 2 is 2.00 bits per heavy atom. The molecule has 1 heterocycles. The van der Waals surface area contributed by atoms with Gasteiger partial charge in [-0.15, -0.1) is 0 Å². The van der Waals surface area contributed by atoms with Crippen LogP contribution in [-0.2, 0) is 19.6 Å². The molecule has 1 aromatic heterocycles. The number of nitrogens with zero attached hydrogens (tertiary/aromatic N) is 1. The lowest BCUT2D eigenvalue weighted by atomic mass is 10.2. The van der Waals surface area contributed by atoms with E-state index in [0.29, 0.717) is 0 Å². The van der Waals surface area contributed by atoms with Gasteiger partial charge in [0.1, 0.15) is 23.7 Å². The summed E-state index contributed by atoms with van der Waals surface area (Å²) in [5.74, 6) is -0.512. The molecule has 0 aliphatic heterocycles. The molecule has 0 saturated carbocycles. The first-order valence-corrected chi connectivity index (χ1v) is 8.68. The van der Waals surface area contributed by atoms with Crippen LogP contribution in [0.3, 0.4) is 0 Å². The lowest BCUT2D eigenvalue weighted by molar-refractivity contribution is -0.140. The first kappa shape index (κ1) is 17.9. The fraction of sp³-hybridized carbons (Fsp3) is 0.250. The third-order valence-corrected chi connectivity index (χ3v) is 4.74. The van der Waals surface area contributed by atoms with Gasteiger partial charge in [0.25, 0.3) is 0 Å². The topological polar surface area (TPSA) is 98.5 Å². The molecule has 8 heteroatoms. The molecule has 0 amide bonds. The predicted octanol–water partition coefficient (Wildman–Crippen LogP) is 1.83. The van der Waals surface area contributed by atoms with Crippen LogP contribution < -0.4 is 4.72 Å². The summed E-state index contributed by atoms with van der Waals surface area (Å²) >= 11 is 0. The number of hydrogen-bond donors (Lipinski definition) is 1. The number of hydrogen-bond acceptors (Lipinski definition) is 6. The van der Waals surface area contributed by atoms with Crippen LogP contribution in [-0.4, -0.2) is 32.7 Å². The Kier molecular flexibility index (Phi) is 5.88. The molecule has 0 spiro atoms. The number of aromatic nitrogens is 1. The van der Waals surface area contributed by atoms with E-state index in [9.17, 15) is 13.2 Å². The molecule has 1 aromatic carbocycles. The summed E-state index contributed by atoms with van der Waals surface area (Å²) in [5, 5.41) is 3.58.